The zero-order valence-electron chi connectivity index (χ0n) is 35.3. The quantitative estimate of drug-likeness (QED) is 0.0484. The third-order valence-corrected chi connectivity index (χ3v) is 10.7. The number of alkyl halides is 6. The number of ketones is 2. The Bertz CT molecular complexity index is 2910. The fourth-order valence-electron chi connectivity index (χ4n) is 6.16. The first-order valence-corrected chi connectivity index (χ1v) is 20.8. The van der Waals surface area contributed by atoms with Gasteiger partial charge >= 0.3 is 12.4 Å². The molecule has 0 spiro atoms. The number of benzene rings is 5. The maximum absolute atomic E-state index is 13.6. The largest absolute Gasteiger partial charge is 0.418 e. The lowest BCUT2D eigenvalue weighted by atomic mass is 10.1. The second-order valence-electron chi connectivity index (χ2n) is 14.5. The molecule has 24 heteroatoms. The number of rotatable bonds is 14. The van der Waals surface area contributed by atoms with Gasteiger partial charge < -0.3 is 21.3 Å². The highest BCUT2D eigenvalue weighted by molar-refractivity contribution is 6.37. The molecule has 354 valence electrons. The third-order valence-electron chi connectivity index (χ3n) is 9.39. The third kappa shape index (κ3) is 12.8. The molecule has 0 bridgehead atoms. The fourth-order valence-corrected chi connectivity index (χ4v) is 7.00. The first-order chi connectivity index (χ1) is 31.8. The van der Waals surface area contributed by atoms with Crippen molar-refractivity contribution in [2.24, 2.45) is 20.5 Å². The van der Waals surface area contributed by atoms with E-state index in [4.69, 9.17) is 46.4 Å². The average Bonchev–Trinajstić information content (AvgIpc) is 3.23. The number of nitrogens with one attached hydrogen (secondary N) is 4. The summed E-state index contributed by atoms with van der Waals surface area (Å²) < 4.78 is 81.7. The Morgan fingerprint density at radius 1 is 0.529 bits per heavy atom. The SMILES string of the molecule is CC(=O)C(N=Nc1cccc(C(=O)Nc2ccc(Cl)cc2C(F)(F)F)c1Cl)C(=O)Nc1cc(C)c(NC(=O)C(N=Nc2cccc(C(=O)Nc3ccc(Cl)cc3C(F)(F)F)c2Cl)C(C)=O)c(C)c1. The Kier molecular flexibility index (Phi) is 16.5. The van der Waals surface area contributed by atoms with Crippen LogP contribution in [0.4, 0.5) is 60.5 Å². The van der Waals surface area contributed by atoms with E-state index in [2.05, 4.69) is 41.7 Å². The number of amides is 4. The highest BCUT2D eigenvalue weighted by atomic mass is 35.5. The Morgan fingerprint density at radius 3 is 1.28 bits per heavy atom. The van der Waals surface area contributed by atoms with E-state index < -0.39 is 82.1 Å². The molecule has 0 radical (unpaired) electrons. The first kappa shape index (κ1) is 52.2. The van der Waals surface area contributed by atoms with Crippen LogP contribution in [0.1, 0.15) is 56.8 Å². The predicted molar refractivity (Wildman–Crippen MR) is 243 cm³/mol. The van der Waals surface area contributed by atoms with E-state index in [1.54, 1.807) is 13.8 Å². The number of Topliss-reactive ketones (excluding diaryl/α,β-unsaturated/α-hetero) is 2. The first-order valence-electron chi connectivity index (χ1n) is 19.3. The molecule has 5 rings (SSSR count). The van der Waals surface area contributed by atoms with Crippen molar-refractivity contribution in [1.29, 1.82) is 0 Å². The van der Waals surface area contributed by atoms with Crippen LogP contribution in [0.25, 0.3) is 0 Å². The van der Waals surface area contributed by atoms with Gasteiger partial charge in [0.05, 0.1) is 43.7 Å². The van der Waals surface area contributed by atoms with E-state index in [0.29, 0.717) is 23.3 Å². The summed E-state index contributed by atoms with van der Waals surface area (Å²) in [4.78, 5) is 78.1. The highest BCUT2D eigenvalue weighted by Gasteiger charge is 2.36. The molecule has 5 aromatic carbocycles. The topological polar surface area (TPSA) is 200 Å². The van der Waals surface area contributed by atoms with E-state index >= 15 is 0 Å². The lowest BCUT2D eigenvalue weighted by Crippen LogP contribution is -2.33. The minimum atomic E-state index is -4.86. The molecule has 5 aromatic rings. The van der Waals surface area contributed by atoms with Crippen molar-refractivity contribution in [3.63, 3.8) is 0 Å². The van der Waals surface area contributed by atoms with Crippen LogP contribution >= 0.6 is 46.4 Å². The van der Waals surface area contributed by atoms with Crippen LogP contribution in [-0.4, -0.2) is 47.3 Å². The second kappa shape index (κ2) is 21.5. The minimum absolute atomic E-state index is 0.133. The van der Waals surface area contributed by atoms with Gasteiger partial charge in [-0.05, 0) is 112 Å². The summed E-state index contributed by atoms with van der Waals surface area (Å²) in [5, 5.41) is 23.7. The summed E-state index contributed by atoms with van der Waals surface area (Å²) in [5.74, 6) is -5.54. The van der Waals surface area contributed by atoms with Crippen molar-refractivity contribution >= 4 is 116 Å². The van der Waals surface area contributed by atoms with Gasteiger partial charge in [-0.3, -0.25) is 28.8 Å². The highest BCUT2D eigenvalue weighted by Crippen LogP contribution is 2.39. The predicted octanol–water partition coefficient (Wildman–Crippen LogP) is 12.8. The lowest BCUT2D eigenvalue weighted by Gasteiger charge is -2.17. The van der Waals surface area contributed by atoms with Gasteiger partial charge in [-0.15, -0.1) is 0 Å². The number of azo groups is 2. The van der Waals surface area contributed by atoms with Crippen LogP contribution in [0.5, 0.6) is 0 Å². The molecule has 0 aliphatic carbocycles. The van der Waals surface area contributed by atoms with Crippen molar-refractivity contribution in [1.82, 2.24) is 0 Å². The fraction of sp³-hybridized carbons (Fsp3) is 0.182. The maximum atomic E-state index is 13.6. The van der Waals surface area contributed by atoms with Gasteiger partial charge in [0.25, 0.3) is 23.6 Å². The summed E-state index contributed by atoms with van der Waals surface area (Å²) in [6, 6.07) is 12.3. The molecule has 14 nitrogen and oxygen atoms in total. The average molecular weight is 1020 g/mol. The number of hydrogen-bond donors (Lipinski definition) is 4. The number of hydrogen-bond acceptors (Lipinski definition) is 10. The van der Waals surface area contributed by atoms with Crippen molar-refractivity contribution in [2.75, 3.05) is 21.3 Å². The van der Waals surface area contributed by atoms with Crippen molar-refractivity contribution in [3.05, 3.63) is 138 Å². The standard InChI is InChI=1S/C44H32Cl4F6N8O6/c1-19-15-25(55-41(67)37(21(3)63)61-59-32-9-5-7-26(34(32)47)39(65)56-30-13-11-23(45)17-28(30)43(49,50)51)16-20(2)36(19)58-42(68)38(22(4)64)62-60-33-10-6-8-27(35(33)48)40(66)57-31-14-12-24(46)18-29(31)44(52,53)54/h5-18,37-38H,1-4H3,(H,55,67)(H,56,65)(H,57,66)(H,58,68). The van der Waals surface area contributed by atoms with Crippen molar-refractivity contribution in [3.8, 4) is 0 Å². The Morgan fingerprint density at radius 2 is 0.912 bits per heavy atom. The van der Waals surface area contributed by atoms with E-state index in [0.717, 1.165) is 38.1 Å². The molecule has 0 heterocycles. The van der Waals surface area contributed by atoms with Gasteiger partial charge in [0.15, 0.2) is 11.6 Å². The smallest absolute Gasteiger partial charge is 0.324 e. The van der Waals surface area contributed by atoms with Crippen molar-refractivity contribution < 1.29 is 55.1 Å². The molecular weight excluding hydrogens is 992 g/mol. The van der Waals surface area contributed by atoms with Gasteiger partial charge in [0.1, 0.15) is 11.4 Å². The van der Waals surface area contributed by atoms with Crippen LogP contribution < -0.4 is 21.3 Å². The maximum Gasteiger partial charge on any atom is 0.418 e. The summed E-state index contributed by atoms with van der Waals surface area (Å²) in [7, 11) is 0. The molecule has 4 amide bonds. The van der Waals surface area contributed by atoms with E-state index in [9.17, 15) is 55.1 Å². The molecule has 0 fully saturated rings. The Balaban J connectivity index is 1.28. The van der Waals surface area contributed by atoms with Crippen LogP contribution in [0.3, 0.4) is 0 Å². The van der Waals surface area contributed by atoms with Gasteiger partial charge in [0.2, 0.25) is 12.1 Å². The van der Waals surface area contributed by atoms with E-state index in [-0.39, 0.29) is 54.0 Å². The Labute approximate surface area is 401 Å². The summed E-state index contributed by atoms with van der Waals surface area (Å²) in [6.07, 6.45) is -9.72. The molecule has 2 atom stereocenters. The number of carbonyl (C=O) groups is 6. The number of nitrogens with zero attached hydrogens (tertiary/aromatic N) is 4. The number of aryl methyl sites for hydroxylation is 2. The molecule has 0 saturated heterocycles. The van der Waals surface area contributed by atoms with Crippen molar-refractivity contribution in [2.45, 2.75) is 52.1 Å². The zero-order valence-corrected chi connectivity index (χ0v) is 38.3. The number of halogens is 10. The molecule has 0 aliphatic rings. The summed E-state index contributed by atoms with van der Waals surface area (Å²) in [5.41, 5.74) is -3.62. The number of carbonyl (C=O) groups excluding carboxylic acids is 6. The van der Waals surface area contributed by atoms with Gasteiger partial charge in [-0.25, -0.2) is 0 Å². The molecule has 0 saturated carbocycles. The minimum Gasteiger partial charge on any atom is -0.324 e. The summed E-state index contributed by atoms with van der Waals surface area (Å²) in [6.45, 7) is 5.20. The zero-order chi connectivity index (χ0) is 50.4. The van der Waals surface area contributed by atoms with Crippen LogP contribution in [0.15, 0.2) is 105 Å². The lowest BCUT2D eigenvalue weighted by molar-refractivity contribution is -0.137. The molecule has 2 unspecified atom stereocenters. The van der Waals surface area contributed by atoms with Crippen LogP contribution in [0.2, 0.25) is 20.1 Å². The Hall–Kier alpha value is -6.74. The van der Waals surface area contributed by atoms with Gasteiger partial charge in [-0.2, -0.15) is 46.8 Å². The van der Waals surface area contributed by atoms with E-state index in [1.807, 2.05) is 0 Å². The normalized spacial score (nSPS) is 12.7. The van der Waals surface area contributed by atoms with Gasteiger partial charge in [-0.1, -0.05) is 58.5 Å². The molecule has 0 aromatic heterocycles. The number of anilines is 4. The molecule has 68 heavy (non-hydrogen) atoms. The molecular formula is C44H32Cl4F6N8O6. The van der Waals surface area contributed by atoms with E-state index in [1.165, 1.54) is 48.5 Å². The molecule has 0 aliphatic heterocycles. The van der Waals surface area contributed by atoms with Gasteiger partial charge in [0, 0.05) is 21.4 Å². The monoisotopic (exact) mass is 1020 g/mol. The summed E-state index contributed by atoms with van der Waals surface area (Å²) >= 11 is 24.2. The second-order valence-corrected chi connectivity index (χ2v) is 16.1. The van der Waals surface area contributed by atoms with Crippen LogP contribution in [0, 0.1) is 13.8 Å². The molecule has 4 N–H and O–H groups in total. The van der Waals surface area contributed by atoms with Crippen LogP contribution in [-0.2, 0) is 31.5 Å².